The molecule has 1 aromatic rings. The van der Waals surface area contributed by atoms with Gasteiger partial charge in [-0.15, -0.1) is 0 Å². The topological polar surface area (TPSA) is 75.7 Å². The van der Waals surface area contributed by atoms with E-state index in [1.807, 2.05) is 35.2 Å². The van der Waals surface area contributed by atoms with E-state index in [-0.39, 0.29) is 36.7 Å². The summed E-state index contributed by atoms with van der Waals surface area (Å²) in [5.41, 5.74) is 0.927. The number of unbranched alkanes of at least 4 members (excludes halogenated alkanes) is 1. The standard InChI is InChI=1S/C22H30N2O4/c1-2-20(25)23-13-7-6-12-19(22(27)24-14-8-9-15-24)16-21(26)28-17-18-10-4-3-5-11-18/h2-5,10-11,19H,1,6-9,12-17H2,(H,23,25)/t19-/m1/s1. The van der Waals surface area contributed by atoms with Gasteiger partial charge in [-0.25, -0.2) is 0 Å². The largest absolute Gasteiger partial charge is 0.461 e. The van der Waals surface area contributed by atoms with E-state index in [0.29, 0.717) is 13.0 Å². The van der Waals surface area contributed by atoms with Crippen LogP contribution in [0.3, 0.4) is 0 Å². The van der Waals surface area contributed by atoms with Gasteiger partial charge in [0.15, 0.2) is 0 Å². The zero-order chi connectivity index (χ0) is 20.2. The van der Waals surface area contributed by atoms with Gasteiger partial charge in [0.1, 0.15) is 6.61 Å². The number of rotatable bonds is 11. The lowest BCUT2D eigenvalue weighted by molar-refractivity contribution is -0.150. The molecule has 0 unspecified atom stereocenters. The number of hydrogen-bond donors (Lipinski definition) is 1. The van der Waals surface area contributed by atoms with E-state index >= 15 is 0 Å². The highest BCUT2D eigenvalue weighted by Crippen LogP contribution is 2.20. The van der Waals surface area contributed by atoms with Gasteiger partial charge in [0.05, 0.1) is 6.42 Å². The number of nitrogens with zero attached hydrogens (tertiary/aromatic N) is 1. The third-order valence-corrected chi connectivity index (χ3v) is 4.89. The fraction of sp³-hybridized carbons (Fsp3) is 0.500. The summed E-state index contributed by atoms with van der Waals surface area (Å²) < 4.78 is 5.37. The predicted octanol–water partition coefficient (Wildman–Crippen LogP) is 2.83. The summed E-state index contributed by atoms with van der Waals surface area (Å²) in [5.74, 6) is -0.865. The molecule has 0 saturated carbocycles. The third kappa shape index (κ3) is 7.55. The Balaban J connectivity index is 1.82. The number of carbonyl (C=O) groups is 3. The monoisotopic (exact) mass is 386 g/mol. The van der Waals surface area contributed by atoms with Crippen LogP contribution in [0.5, 0.6) is 0 Å². The Morgan fingerprint density at radius 2 is 1.86 bits per heavy atom. The summed E-state index contributed by atoms with van der Waals surface area (Å²) in [6, 6.07) is 9.50. The average Bonchev–Trinajstić information content (AvgIpc) is 3.26. The van der Waals surface area contributed by atoms with Crippen LogP contribution in [-0.4, -0.2) is 42.3 Å². The van der Waals surface area contributed by atoms with Crippen LogP contribution in [0.15, 0.2) is 43.0 Å². The second-order valence-corrected chi connectivity index (χ2v) is 7.07. The summed E-state index contributed by atoms with van der Waals surface area (Å²) in [7, 11) is 0. The van der Waals surface area contributed by atoms with Gasteiger partial charge in [-0.05, 0) is 37.3 Å². The number of carbonyl (C=O) groups excluding carboxylic acids is 3. The lowest BCUT2D eigenvalue weighted by Crippen LogP contribution is -2.35. The number of likely N-dealkylation sites (tertiary alicyclic amines) is 1. The molecule has 0 spiro atoms. The van der Waals surface area contributed by atoms with Crippen molar-refractivity contribution in [3.8, 4) is 0 Å². The van der Waals surface area contributed by atoms with Gasteiger partial charge in [-0.3, -0.25) is 14.4 Å². The van der Waals surface area contributed by atoms with Gasteiger partial charge in [0.2, 0.25) is 11.8 Å². The molecule has 1 aliphatic rings. The molecule has 28 heavy (non-hydrogen) atoms. The summed E-state index contributed by atoms with van der Waals surface area (Å²) in [4.78, 5) is 38.1. The van der Waals surface area contributed by atoms with E-state index in [1.54, 1.807) is 0 Å². The van der Waals surface area contributed by atoms with Crippen molar-refractivity contribution in [1.29, 1.82) is 0 Å². The molecule has 1 N–H and O–H groups in total. The minimum atomic E-state index is -0.364. The van der Waals surface area contributed by atoms with Crippen LogP contribution in [0.25, 0.3) is 0 Å². The number of esters is 1. The number of benzene rings is 1. The van der Waals surface area contributed by atoms with Crippen LogP contribution >= 0.6 is 0 Å². The summed E-state index contributed by atoms with van der Waals surface area (Å²) in [6.07, 6.45) is 5.49. The Bertz CT molecular complexity index is 654. The van der Waals surface area contributed by atoms with Gasteiger partial charge in [-0.2, -0.15) is 0 Å². The zero-order valence-electron chi connectivity index (χ0n) is 16.4. The molecule has 1 aliphatic heterocycles. The van der Waals surface area contributed by atoms with E-state index < -0.39 is 0 Å². The molecule has 1 fully saturated rings. The Morgan fingerprint density at radius 1 is 1.14 bits per heavy atom. The smallest absolute Gasteiger partial charge is 0.306 e. The van der Waals surface area contributed by atoms with Crippen molar-refractivity contribution in [3.63, 3.8) is 0 Å². The second-order valence-electron chi connectivity index (χ2n) is 7.07. The first-order valence-electron chi connectivity index (χ1n) is 9.98. The van der Waals surface area contributed by atoms with Crippen molar-refractivity contribution in [2.24, 2.45) is 5.92 Å². The van der Waals surface area contributed by atoms with Crippen molar-refractivity contribution in [1.82, 2.24) is 10.2 Å². The van der Waals surface area contributed by atoms with E-state index in [9.17, 15) is 14.4 Å². The minimum Gasteiger partial charge on any atom is -0.461 e. The predicted molar refractivity (Wildman–Crippen MR) is 107 cm³/mol. The van der Waals surface area contributed by atoms with E-state index in [2.05, 4.69) is 11.9 Å². The number of amides is 2. The van der Waals surface area contributed by atoms with Crippen molar-refractivity contribution in [2.75, 3.05) is 19.6 Å². The molecule has 0 bridgehead atoms. The quantitative estimate of drug-likeness (QED) is 0.360. The molecule has 6 heteroatoms. The zero-order valence-corrected chi connectivity index (χ0v) is 16.4. The van der Waals surface area contributed by atoms with Gasteiger partial charge in [0, 0.05) is 25.6 Å². The Morgan fingerprint density at radius 3 is 2.54 bits per heavy atom. The molecule has 152 valence electrons. The van der Waals surface area contributed by atoms with Crippen molar-refractivity contribution in [3.05, 3.63) is 48.6 Å². The van der Waals surface area contributed by atoms with Crippen LogP contribution < -0.4 is 5.32 Å². The van der Waals surface area contributed by atoms with Gasteiger partial charge >= 0.3 is 5.97 Å². The molecule has 1 atom stereocenters. The molecule has 6 nitrogen and oxygen atoms in total. The average molecular weight is 386 g/mol. The van der Waals surface area contributed by atoms with Crippen LogP contribution in [0.1, 0.15) is 44.1 Å². The fourth-order valence-electron chi connectivity index (χ4n) is 3.31. The molecule has 2 rings (SSSR count). The summed E-state index contributed by atoms with van der Waals surface area (Å²) >= 11 is 0. The SMILES string of the molecule is C=CC(=O)NCCCC[C@H](CC(=O)OCc1ccccc1)C(=O)N1CCCC1. The Kier molecular flexibility index (Phi) is 9.25. The highest BCUT2D eigenvalue weighted by atomic mass is 16.5. The number of nitrogens with one attached hydrogen (secondary N) is 1. The summed E-state index contributed by atoms with van der Waals surface area (Å²) in [6.45, 7) is 5.70. The maximum atomic E-state index is 12.8. The molecular formula is C22H30N2O4. The van der Waals surface area contributed by atoms with E-state index in [4.69, 9.17) is 4.74 Å². The van der Waals surface area contributed by atoms with Crippen LogP contribution in [-0.2, 0) is 25.7 Å². The highest BCUT2D eigenvalue weighted by molar-refractivity contribution is 5.86. The molecule has 1 heterocycles. The van der Waals surface area contributed by atoms with Crippen LogP contribution in [0.2, 0.25) is 0 Å². The normalized spacial score (nSPS) is 14.4. The fourth-order valence-corrected chi connectivity index (χ4v) is 3.31. The maximum Gasteiger partial charge on any atom is 0.306 e. The molecule has 1 saturated heterocycles. The van der Waals surface area contributed by atoms with Gasteiger partial charge in [-0.1, -0.05) is 43.3 Å². The molecule has 0 aliphatic carbocycles. The summed E-state index contributed by atoms with van der Waals surface area (Å²) in [5, 5.41) is 2.73. The van der Waals surface area contributed by atoms with Crippen LogP contribution in [0.4, 0.5) is 0 Å². The molecule has 2 amide bonds. The van der Waals surface area contributed by atoms with Gasteiger partial charge < -0.3 is 15.0 Å². The molecule has 0 aromatic heterocycles. The maximum absolute atomic E-state index is 12.8. The Labute approximate surface area is 166 Å². The van der Waals surface area contributed by atoms with E-state index in [0.717, 1.165) is 44.3 Å². The van der Waals surface area contributed by atoms with Gasteiger partial charge in [0.25, 0.3) is 0 Å². The molecular weight excluding hydrogens is 356 g/mol. The van der Waals surface area contributed by atoms with Crippen molar-refractivity contribution in [2.45, 2.75) is 45.1 Å². The lowest BCUT2D eigenvalue weighted by atomic mass is 9.96. The lowest BCUT2D eigenvalue weighted by Gasteiger charge is -2.22. The van der Waals surface area contributed by atoms with E-state index in [1.165, 1.54) is 6.08 Å². The molecule has 0 radical (unpaired) electrons. The minimum absolute atomic E-state index is 0.0456. The van der Waals surface area contributed by atoms with Crippen molar-refractivity contribution >= 4 is 17.8 Å². The first-order chi connectivity index (χ1) is 13.6. The molecule has 1 aromatic carbocycles. The first kappa shape index (κ1) is 21.7. The third-order valence-electron chi connectivity index (χ3n) is 4.89. The number of ether oxygens (including phenoxy) is 1. The second kappa shape index (κ2) is 12.0. The first-order valence-corrected chi connectivity index (χ1v) is 9.98. The highest BCUT2D eigenvalue weighted by Gasteiger charge is 2.28. The van der Waals surface area contributed by atoms with Crippen LogP contribution in [0, 0.1) is 5.92 Å². The van der Waals surface area contributed by atoms with Crippen molar-refractivity contribution < 1.29 is 19.1 Å². The number of hydrogen-bond acceptors (Lipinski definition) is 4. The Hall–Kier alpha value is -2.63.